The molecule has 3 heterocycles. The summed E-state index contributed by atoms with van der Waals surface area (Å²) in [5, 5.41) is 0.656. The maximum atomic E-state index is 13.6. The first kappa shape index (κ1) is 23.6. The highest BCUT2D eigenvalue weighted by Crippen LogP contribution is 2.33. The Morgan fingerprint density at radius 2 is 1.97 bits per heavy atom. The van der Waals surface area contributed by atoms with Gasteiger partial charge in [0.2, 0.25) is 5.91 Å². The van der Waals surface area contributed by atoms with Crippen molar-refractivity contribution in [2.45, 2.75) is 17.1 Å². The molecule has 0 aliphatic carbocycles. The Kier molecular flexibility index (Phi) is 7.18. The van der Waals surface area contributed by atoms with Crippen LogP contribution < -0.4 is 4.90 Å². The number of halogens is 1. The molecule has 1 fully saturated rings. The van der Waals surface area contributed by atoms with Crippen LogP contribution in [-0.4, -0.2) is 68.8 Å². The van der Waals surface area contributed by atoms with E-state index in [4.69, 9.17) is 11.6 Å². The van der Waals surface area contributed by atoms with Gasteiger partial charge in [-0.15, -0.1) is 11.3 Å². The van der Waals surface area contributed by atoms with Gasteiger partial charge in [0, 0.05) is 26.2 Å². The maximum absolute atomic E-state index is 13.6. The SMILES string of the molecule is CN(C)CCN(C(=O)C1CCCN(S(=O)(=O)c2ccc(Cl)s2)C1)c1nc2ccccc2s1. The molecule has 3 aromatic rings. The van der Waals surface area contributed by atoms with Crippen molar-refractivity contribution in [2.24, 2.45) is 5.92 Å². The van der Waals surface area contributed by atoms with E-state index < -0.39 is 15.9 Å². The van der Waals surface area contributed by atoms with Crippen LogP contribution >= 0.6 is 34.3 Å². The van der Waals surface area contributed by atoms with Crippen molar-refractivity contribution >= 4 is 65.6 Å². The average molecular weight is 513 g/mol. The predicted molar refractivity (Wildman–Crippen MR) is 131 cm³/mol. The van der Waals surface area contributed by atoms with Crippen molar-refractivity contribution < 1.29 is 13.2 Å². The van der Waals surface area contributed by atoms with E-state index in [0.29, 0.717) is 41.9 Å². The fraction of sp³-hybridized carbons (Fsp3) is 0.429. The van der Waals surface area contributed by atoms with Gasteiger partial charge in [-0.2, -0.15) is 4.31 Å². The molecule has 1 aliphatic rings. The van der Waals surface area contributed by atoms with Crippen molar-refractivity contribution in [1.29, 1.82) is 0 Å². The molecule has 1 atom stereocenters. The van der Waals surface area contributed by atoms with Gasteiger partial charge in [-0.05, 0) is 51.2 Å². The number of rotatable bonds is 7. The zero-order valence-electron chi connectivity index (χ0n) is 17.9. The fourth-order valence-corrected chi connectivity index (χ4v) is 7.88. The van der Waals surface area contributed by atoms with E-state index in [0.717, 1.165) is 21.6 Å². The summed E-state index contributed by atoms with van der Waals surface area (Å²) in [7, 11) is 0.252. The largest absolute Gasteiger partial charge is 0.308 e. The van der Waals surface area contributed by atoms with Crippen LogP contribution in [0.2, 0.25) is 4.34 Å². The standard InChI is InChI=1S/C21H25ClN4O3S3/c1-24(2)12-13-26(21-23-16-7-3-4-8-17(16)30-21)20(27)15-6-5-11-25(14-15)32(28,29)19-10-9-18(22)31-19/h3-4,7-10,15H,5-6,11-14H2,1-2H3. The number of nitrogens with zero attached hydrogens (tertiary/aromatic N) is 4. The molecule has 4 rings (SSSR count). The Morgan fingerprint density at radius 3 is 2.66 bits per heavy atom. The number of likely N-dealkylation sites (N-methyl/N-ethyl adjacent to an activating group) is 1. The van der Waals surface area contributed by atoms with E-state index in [1.807, 2.05) is 43.3 Å². The third-order valence-corrected chi connectivity index (χ3v) is 10.0. The van der Waals surface area contributed by atoms with Crippen LogP contribution in [0, 0.1) is 5.92 Å². The first-order valence-electron chi connectivity index (χ1n) is 10.3. The molecule has 1 saturated heterocycles. The van der Waals surface area contributed by atoms with E-state index >= 15 is 0 Å². The van der Waals surface area contributed by atoms with Crippen molar-refractivity contribution in [3.05, 3.63) is 40.7 Å². The smallest absolute Gasteiger partial charge is 0.252 e. The number of hydrogen-bond acceptors (Lipinski definition) is 7. The topological polar surface area (TPSA) is 73.8 Å². The summed E-state index contributed by atoms with van der Waals surface area (Å²) in [5.41, 5.74) is 0.859. The first-order valence-corrected chi connectivity index (χ1v) is 13.8. The lowest BCUT2D eigenvalue weighted by Gasteiger charge is -2.33. The summed E-state index contributed by atoms with van der Waals surface area (Å²) in [5.74, 6) is -0.488. The third kappa shape index (κ3) is 5.00. The van der Waals surface area contributed by atoms with E-state index in [2.05, 4.69) is 4.98 Å². The van der Waals surface area contributed by atoms with Crippen LogP contribution in [-0.2, 0) is 14.8 Å². The third-order valence-electron chi connectivity index (χ3n) is 5.43. The second-order valence-electron chi connectivity index (χ2n) is 8.02. The molecule has 32 heavy (non-hydrogen) atoms. The fourth-order valence-electron chi connectivity index (χ4n) is 3.72. The molecule has 0 N–H and O–H groups in total. The number of carbonyl (C=O) groups is 1. The van der Waals surface area contributed by atoms with Crippen LogP contribution in [0.4, 0.5) is 5.13 Å². The predicted octanol–water partition coefficient (Wildman–Crippen LogP) is 4.01. The van der Waals surface area contributed by atoms with Gasteiger partial charge in [0.25, 0.3) is 10.0 Å². The second kappa shape index (κ2) is 9.74. The van der Waals surface area contributed by atoms with Gasteiger partial charge in [-0.25, -0.2) is 13.4 Å². The molecule has 0 spiro atoms. The van der Waals surface area contributed by atoms with E-state index in [1.165, 1.54) is 21.7 Å². The minimum atomic E-state index is -3.67. The highest BCUT2D eigenvalue weighted by molar-refractivity contribution is 7.91. The number of anilines is 1. The average Bonchev–Trinajstić information content (AvgIpc) is 3.40. The minimum Gasteiger partial charge on any atom is -0.308 e. The van der Waals surface area contributed by atoms with Crippen molar-refractivity contribution in [3.63, 3.8) is 0 Å². The summed E-state index contributed by atoms with van der Waals surface area (Å²) < 4.78 is 29.2. The van der Waals surface area contributed by atoms with Gasteiger partial charge >= 0.3 is 0 Å². The Labute approximate surface area is 201 Å². The van der Waals surface area contributed by atoms with Crippen molar-refractivity contribution in [1.82, 2.24) is 14.2 Å². The lowest BCUT2D eigenvalue weighted by molar-refractivity contribution is -0.123. The molecule has 1 aliphatic heterocycles. The second-order valence-corrected chi connectivity index (χ2v) is 12.9. The minimum absolute atomic E-state index is 0.0741. The number of carbonyl (C=O) groups excluding carboxylic acids is 1. The number of fused-ring (bicyclic) bond motifs is 1. The number of thiazole rings is 1. The summed E-state index contributed by atoms with van der Waals surface area (Å²) in [6.07, 6.45) is 1.29. The lowest BCUT2D eigenvalue weighted by Crippen LogP contribution is -2.48. The Hall–Kier alpha value is -1.56. The number of piperidine rings is 1. The number of sulfonamides is 1. The van der Waals surface area contributed by atoms with E-state index in [-0.39, 0.29) is 16.7 Å². The Balaban J connectivity index is 1.58. The summed E-state index contributed by atoms with van der Waals surface area (Å²) in [4.78, 5) is 22.1. The van der Waals surface area contributed by atoms with Gasteiger partial charge < -0.3 is 4.90 Å². The zero-order chi connectivity index (χ0) is 22.9. The molecule has 172 valence electrons. The molecule has 1 unspecified atom stereocenters. The first-order chi connectivity index (χ1) is 15.3. The lowest BCUT2D eigenvalue weighted by atomic mass is 9.98. The zero-order valence-corrected chi connectivity index (χ0v) is 21.1. The van der Waals surface area contributed by atoms with Crippen molar-refractivity contribution in [3.8, 4) is 0 Å². The van der Waals surface area contributed by atoms with Gasteiger partial charge in [0.05, 0.1) is 20.5 Å². The number of thiophene rings is 1. The number of hydrogen-bond donors (Lipinski definition) is 0. The molecule has 11 heteroatoms. The molecule has 0 radical (unpaired) electrons. The molecule has 1 aromatic carbocycles. The quantitative estimate of drug-likeness (QED) is 0.478. The summed E-state index contributed by atoms with van der Waals surface area (Å²) >= 11 is 8.48. The number of amides is 1. The molecule has 0 saturated carbocycles. The van der Waals surface area contributed by atoms with Gasteiger partial charge in [0.1, 0.15) is 4.21 Å². The summed E-state index contributed by atoms with van der Waals surface area (Å²) in [6, 6.07) is 10.9. The summed E-state index contributed by atoms with van der Waals surface area (Å²) in [6.45, 7) is 1.75. The number of para-hydroxylation sites is 1. The van der Waals surface area contributed by atoms with Crippen LogP contribution in [0.25, 0.3) is 10.2 Å². The molecule has 2 aromatic heterocycles. The van der Waals surface area contributed by atoms with Crippen LogP contribution in [0.1, 0.15) is 12.8 Å². The van der Waals surface area contributed by atoms with E-state index in [1.54, 1.807) is 11.0 Å². The maximum Gasteiger partial charge on any atom is 0.252 e. The highest BCUT2D eigenvalue weighted by atomic mass is 35.5. The van der Waals surface area contributed by atoms with Gasteiger partial charge in [-0.1, -0.05) is 35.1 Å². The van der Waals surface area contributed by atoms with Gasteiger partial charge in [-0.3, -0.25) is 9.69 Å². The Morgan fingerprint density at radius 1 is 1.19 bits per heavy atom. The normalized spacial score (nSPS) is 17.8. The molecule has 0 bridgehead atoms. The van der Waals surface area contributed by atoms with Crippen LogP contribution in [0.3, 0.4) is 0 Å². The molecule has 1 amide bonds. The van der Waals surface area contributed by atoms with Crippen LogP contribution in [0.15, 0.2) is 40.6 Å². The molecular weight excluding hydrogens is 488 g/mol. The van der Waals surface area contributed by atoms with Crippen molar-refractivity contribution in [2.75, 3.05) is 45.2 Å². The molecule has 7 nitrogen and oxygen atoms in total. The van der Waals surface area contributed by atoms with Crippen LogP contribution in [0.5, 0.6) is 0 Å². The molecular formula is C21H25ClN4O3S3. The highest BCUT2D eigenvalue weighted by Gasteiger charge is 2.36. The Bertz CT molecular complexity index is 1170. The number of benzene rings is 1. The number of aromatic nitrogens is 1. The monoisotopic (exact) mass is 512 g/mol. The van der Waals surface area contributed by atoms with Gasteiger partial charge in [0.15, 0.2) is 5.13 Å². The van der Waals surface area contributed by atoms with E-state index in [9.17, 15) is 13.2 Å².